The number of hydrogen-bond donors (Lipinski definition) is 0. The number of ketones is 3. The number of benzene rings is 4. The third kappa shape index (κ3) is 3.28. The van der Waals surface area contributed by atoms with Gasteiger partial charge in [0, 0.05) is 38.9 Å². The number of fused-ring (bicyclic) bond motifs is 5. The molecule has 4 aromatic rings. The first kappa shape index (κ1) is 24.7. The first-order valence-corrected chi connectivity index (χ1v) is 13.5. The van der Waals surface area contributed by atoms with Crippen LogP contribution in [0.5, 0.6) is 0 Å². The molecular formula is C34H23ClFNO3. The van der Waals surface area contributed by atoms with E-state index in [-0.39, 0.29) is 17.3 Å². The van der Waals surface area contributed by atoms with Gasteiger partial charge in [-0.3, -0.25) is 14.4 Å². The fourth-order valence-corrected chi connectivity index (χ4v) is 7.01. The maximum absolute atomic E-state index is 14.6. The van der Waals surface area contributed by atoms with Gasteiger partial charge in [-0.15, -0.1) is 0 Å². The molecule has 2 aliphatic heterocycles. The molecule has 4 aromatic carbocycles. The Kier molecular flexibility index (Phi) is 5.45. The van der Waals surface area contributed by atoms with Crippen molar-refractivity contribution in [3.8, 4) is 0 Å². The molecule has 0 radical (unpaired) electrons. The normalized spacial score (nSPS) is 21.9. The predicted octanol–water partition coefficient (Wildman–Crippen LogP) is 7.10. The lowest BCUT2D eigenvalue weighted by Gasteiger charge is -2.37. The Hall–Kier alpha value is -4.35. The smallest absolute Gasteiger partial charge is 0.185 e. The topological polar surface area (TPSA) is 54.5 Å². The van der Waals surface area contributed by atoms with Crippen molar-refractivity contribution in [1.82, 2.24) is 0 Å². The van der Waals surface area contributed by atoms with Crippen molar-refractivity contribution in [2.45, 2.75) is 24.9 Å². The van der Waals surface area contributed by atoms with E-state index in [1.807, 2.05) is 24.0 Å². The predicted molar refractivity (Wildman–Crippen MR) is 153 cm³/mol. The van der Waals surface area contributed by atoms with Gasteiger partial charge >= 0.3 is 0 Å². The van der Waals surface area contributed by atoms with E-state index in [1.165, 1.54) is 12.1 Å². The molecule has 40 heavy (non-hydrogen) atoms. The second-order valence-electron chi connectivity index (χ2n) is 10.7. The van der Waals surface area contributed by atoms with Crippen LogP contribution in [0.25, 0.3) is 6.08 Å². The summed E-state index contributed by atoms with van der Waals surface area (Å²) in [7, 11) is 0. The fourth-order valence-electron chi connectivity index (χ4n) is 6.88. The van der Waals surface area contributed by atoms with Crippen LogP contribution in [0.2, 0.25) is 5.02 Å². The molecule has 196 valence electrons. The third-order valence-corrected chi connectivity index (χ3v) is 8.85. The minimum atomic E-state index is -1.61. The van der Waals surface area contributed by atoms with Gasteiger partial charge < -0.3 is 4.90 Å². The highest BCUT2D eigenvalue weighted by molar-refractivity contribution is 6.32. The van der Waals surface area contributed by atoms with Gasteiger partial charge in [0.2, 0.25) is 0 Å². The van der Waals surface area contributed by atoms with E-state index in [0.29, 0.717) is 38.5 Å². The van der Waals surface area contributed by atoms with Crippen LogP contribution >= 0.6 is 11.6 Å². The third-order valence-electron chi connectivity index (χ3n) is 8.60. The van der Waals surface area contributed by atoms with Crippen molar-refractivity contribution in [2.24, 2.45) is 5.41 Å². The van der Waals surface area contributed by atoms with Crippen molar-refractivity contribution in [2.75, 3.05) is 4.90 Å². The molecule has 0 amide bonds. The van der Waals surface area contributed by atoms with E-state index in [4.69, 9.17) is 11.6 Å². The molecule has 3 aliphatic rings. The Balaban J connectivity index is 1.54. The van der Waals surface area contributed by atoms with Crippen LogP contribution in [0.3, 0.4) is 0 Å². The Morgan fingerprint density at radius 1 is 0.875 bits per heavy atom. The second kappa shape index (κ2) is 8.83. The number of anilines is 1. The van der Waals surface area contributed by atoms with Gasteiger partial charge in [-0.25, -0.2) is 4.39 Å². The number of hydrogen-bond acceptors (Lipinski definition) is 4. The Morgan fingerprint density at radius 2 is 1.52 bits per heavy atom. The molecule has 6 heteroatoms. The van der Waals surface area contributed by atoms with Crippen LogP contribution < -0.4 is 4.90 Å². The number of halogens is 2. The monoisotopic (exact) mass is 547 g/mol. The summed E-state index contributed by atoms with van der Waals surface area (Å²) in [6, 6.07) is 23.8. The highest BCUT2D eigenvalue weighted by atomic mass is 35.5. The van der Waals surface area contributed by atoms with Crippen LogP contribution in [-0.2, 0) is 0 Å². The van der Waals surface area contributed by atoms with E-state index in [2.05, 4.69) is 0 Å². The van der Waals surface area contributed by atoms with Crippen LogP contribution in [0.15, 0.2) is 97.1 Å². The zero-order valence-electron chi connectivity index (χ0n) is 21.5. The summed E-state index contributed by atoms with van der Waals surface area (Å²) >= 11 is 6.26. The summed E-state index contributed by atoms with van der Waals surface area (Å²) in [4.78, 5) is 45.6. The van der Waals surface area contributed by atoms with E-state index in [0.717, 1.165) is 5.56 Å². The Bertz CT molecular complexity index is 1720. The molecule has 7 rings (SSSR count). The number of aryl methyl sites for hydroxylation is 1. The minimum absolute atomic E-state index is 0.219. The van der Waals surface area contributed by atoms with Gasteiger partial charge in [0.25, 0.3) is 0 Å². The summed E-state index contributed by atoms with van der Waals surface area (Å²) in [5.74, 6) is -2.08. The summed E-state index contributed by atoms with van der Waals surface area (Å²) in [5.41, 5.74) is 2.43. The molecule has 1 spiro atoms. The van der Waals surface area contributed by atoms with Crippen molar-refractivity contribution in [3.63, 3.8) is 0 Å². The molecule has 0 unspecified atom stereocenters. The molecule has 4 nitrogen and oxygen atoms in total. The lowest BCUT2D eigenvalue weighted by molar-refractivity contribution is 0.0666. The first-order valence-electron chi connectivity index (χ1n) is 13.1. The van der Waals surface area contributed by atoms with E-state index < -0.39 is 29.2 Å². The molecule has 2 heterocycles. The number of nitrogens with zero attached hydrogens (tertiary/aromatic N) is 1. The average molecular weight is 548 g/mol. The highest BCUT2D eigenvalue weighted by Gasteiger charge is 2.71. The van der Waals surface area contributed by atoms with Crippen molar-refractivity contribution >= 4 is 40.7 Å². The molecule has 0 aromatic heterocycles. The standard InChI is InChI=1S/C34H23ClFNO3/c1-19-6-8-21(9-7-19)31(38)30-29(20-10-13-23(35)14-11-20)34(32(39)25-4-2-3-5-26(25)33(34)40)28-17-12-22-18-24(36)15-16-27(22)37(28)30/h2-18,28-30H,1H3/t28-,29-,30-/m0/s1. The quantitative estimate of drug-likeness (QED) is 0.203. The average Bonchev–Trinajstić information content (AvgIpc) is 3.39. The highest BCUT2D eigenvalue weighted by Crippen LogP contribution is 2.61. The molecule has 0 N–H and O–H groups in total. The van der Waals surface area contributed by atoms with E-state index in [1.54, 1.807) is 78.9 Å². The first-order chi connectivity index (χ1) is 19.3. The van der Waals surface area contributed by atoms with Crippen molar-refractivity contribution in [1.29, 1.82) is 0 Å². The Morgan fingerprint density at radius 3 is 2.17 bits per heavy atom. The summed E-state index contributed by atoms with van der Waals surface area (Å²) < 4.78 is 14.3. The van der Waals surface area contributed by atoms with Crippen LogP contribution in [0.1, 0.15) is 53.7 Å². The molecule has 3 atom stereocenters. The maximum Gasteiger partial charge on any atom is 0.185 e. The van der Waals surface area contributed by atoms with Crippen LogP contribution in [-0.4, -0.2) is 29.4 Å². The number of Topliss-reactive ketones (excluding diaryl/α,β-unsaturated/α-hetero) is 3. The van der Waals surface area contributed by atoms with Gasteiger partial charge in [-0.05, 0) is 42.8 Å². The van der Waals surface area contributed by atoms with Crippen LogP contribution in [0.4, 0.5) is 10.1 Å². The summed E-state index contributed by atoms with van der Waals surface area (Å²) in [6.45, 7) is 1.94. The molecule has 0 saturated carbocycles. The number of rotatable bonds is 3. The summed E-state index contributed by atoms with van der Waals surface area (Å²) in [6.07, 6.45) is 3.54. The van der Waals surface area contributed by atoms with Crippen molar-refractivity contribution in [3.05, 3.63) is 141 Å². The molecule has 1 aliphatic carbocycles. The second-order valence-corrected chi connectivity index (χ2v) is 11.1. The molecule has 1 fully saturated rings. The lowest BCUT2D eigenvalue weighted by atomic mass is 9.64. The largest absolute Gasteiger partial charge is 0.352 e. The Labute approximate surface area is 235 Å². The number of carbonyl (C=O) groups is 3. The lowest BCUT2D eigenvalue weighted by Crippen LogP contribution is -2.48. The van der Waals surface area contributed by atoms with Crippen molar-refractivity contribution < 1.29 is 18.8 Å². The molecule has 1 saturated heterocycles. The van der Waals surface area contributed by atoms with Crippen LogP contribution in [0, 0.1) is 18.2 Å². The zero-order valence-corrected chi connectivity index (χ0v) is 22.2. The fraction of sp³-hybridized carbons (Fsp3) is 0.147. The van der Waals surface area contributed by atoms with Gasteiger partial charge in [0.15, 0.2) is 17.3 Å². The van der Waals surface area contributed by atoms with Gasteiger partial charge in [-0.1, -0.05) is 90.0 Å². The molecular weight excluding hydrogens is 525 g/mol. The summed E-state index contributed by atoms with van der Waals surface area (Å²) in [5, 5.41) is 0.503. The maximum atomic E-state index is 14.6. The van der Waals surface area contributed by atoms with E-state index >= 15 is 0 Å². The van der Waals surface area contributed by atoms with Gasteiger partial charge in [0.1, 0.15) is 17.3 Å². The van der Waals surface area contributed by atoms with E-state index in [9.17, 15) is 18.8 Å². The molecule has 0 bridgehead atoms. The number of carbonyl (C=O) groups excluding carboxylic acids is 3. The van der Waals surface area contributed by atoms with Gasteiger partial charge in [-0.2, -0.15) is 0 Å². The van der Waals surface area contributed by atoms with Gasteiger partial charge in [0.05, 0.1) is 6.04 Å². The minimum Gasteiger partial charge on any atom is -0.352 e. The zero-order chi connectivity index (χ0) is 27.8. The SMILES string of the molecule is Cc1ccc(C(=O)[C@@H]2[C@H](c3ccc(Cl)cc3)C3(C(=O)c4ccccc4C3=O)[C@@H]3C=Cc4cc(F)ccc4N23)cc1.